The van der Waals surface area contributed by atoms with E-state index >= 15 is 0 Å². The Morgan fingerprint density at radius 3 is 2.88 bits per heavy atom. The van der Waals surface area contributed by atoms with Gasteiger partial charge in [-0.3, -0.25) is 0 Å². The fourth-order valence-electron chi connectivity index (χ4n) is 4.00. The van der Waals surface area contributed by atoms with Crippen molar-refractivity contribution >= 4 is 17.3 Å². The minimum absolute atomic E-state index is 0.153. The molecule has 1 unspecified atom stereocenters. The van der Waals surface area contributed by atoms with Gasteiger partial charge in [-0.2, -0.15) is 0 Å². The first-order valence-electron chi connectivity index (χ1n) is 8.49. The number of nitrogens with one attached hydrogen (secondary N) is 1. The lowest BCUT2D eigenvalue weighted by Crippen LogP contribution is -2.36. The van der Waals surface area contributed by atoms with Crippen molar-refractivity contribution in [3.05, 3.63) is 58.1 Å². The first-order chi connectivity index (χ1) is 11.7. The highest BCUT2D eigenvalue weighted by Crippen LogP contribution is 2.49. The molecule has 1 fully saturated rings. The molecule has 0 amide bonds. The third-order valence-corrected chi connectivity index (χ3v) is 5.45. The third kappa shape index (κ3) is 2.66. The van der Waals surface area contributed by atoms with E-state index in [4.69, 9.17) is 21.1 Å². The van der Waals surface area contributed by atoms with Crippen molar-refractivity contribution in [1.29, 1.82) is 0 Å². The first-order valence-corrected chi connectivity index (χ1v) is 8.87. The molecule has 1 saturated heterocycles. The molecule has 24 heavy (non-hydrogen) atoms. The van der Waals surface area contributed by atoms with Crippen LogP contribution in [0.15, 0.2) is 36.4 Å². The average Bonchev–Trinajstić information content (AvgIpc) is 2.61. The van der Waals surface area contributed by atoms with E-state index in [2.05, 4.69) is 36.5 Å². The molecule has 3 atom stereocenters. The van der Waals surface area contributed by atoms with Crippen LogP contribution in [-0.4, -0.2) is 13.7 Å². The number of halogens is 1. The van der Waals surface area contributed by atoms with Gasteiger partial charge in [0.2, 0.25) is 0 Å². The van der Waals surface area contributed by atoms with Crippen LogP contribution >= 0.6 is 11.6 Å². The van der Waals surface area contributed by atoms with Crippen molar-refractivity contribution in [3.8, 4) is 5.75 Å². The molecule has 126 valence electrons. The van der Waals surface area contributed by atoms with E-state index in [9.17, 15) is 0 Å². The Bertz CT molecular complexity index is 761. The maximum absolute atomic E-state index is 6.36. The Hall–Kier alpha value is -1.71. The molecule has 1 N–H and O–H groups in total. The maximum atomic E-state index is 6.36. The van der Waals surface area contributed by atoms with Gasteiger partial charge in [0.15, 0.2) is 0 Å². The lowest BCUT2D eigenvalue weighted by molar-refractivity contribution is -0.0381. The van der Waals surface area contributed by atoms with Crippen LogP contribution in [0.5, 0.6) is 5.75 Å². The molecule has 0 saturated carbocycles. The van der Waals surface area contributed by atoms with Crippen LogP contribution < -0.4 is 10.1 Å². The molecule has 2 aromatic rings. The van der Waals surface area contributed by atoms with Crippen molar-refractivity contribution in [2.75, 3.05) is 19.0 Å². The van der Waals surface area contributed by atoms with Gasteiger partial charge in [-0.25, -0.2) is 0 Å². The normalized spacial score (nSPS) is 25.4. The van der Waals surface area contributed by atoms with Crippen molar-refractivity contribution in [2.24, 2.45) is 5.92 Å². The monoisotopic (exact) mass is 343 g/mol. The summed E-state index contributed by atoms with van der Waals surface area (Å²) in [6.07, 6.45) is 2.41. The molecule has 2 heterocycles. The summed E-state index contributed by atoms with van der Waals surface area (Å²) in [4.78, 5) is 0. The molecule has 3 nitrogen and oxygen atoms in total. The number of rotatable bonds is 2. The van der Waals surface area contributed by atoms with E-state index in [0.717, 1.165) is 19.4 Å². The van der Waals surface area contributed by atoms with E-state index < -0.39 is 0 Å². The van der Waals surface area contributed by atoms with Crippen LogP contribution in [0.4, 0.5) is 5.69 Å². The predicted molar refractivity (Wildman–Crippen MR) is 97.0 cm³/mol. The lowest BCUT2D eigenvalue weighted by atomic mass is 9.77. The molecule has 0 bridgehead atoms. The molecule has 0 aliphatic carbocycles. The van der Waals surface area contributed by atoms with E-state index in [1.165, 1.54) is 22.4 Å². The molecular weight excluding hydrogens is 322 g/mol. The number of ether oxygens (including phenoxy) is 2. The van der Waals surface area contributed by atoms with Crippen LogP contribution in [0.3, 0.4) is 0 Å². The predicted octanol–water partition coefficient (Wildman–Crippen LogP) is 5.29. The third-order valence-electron chi connectivity index (χ3n) is 5.16. The fourth-order valence-corrected chi connectivity index (χ4v) is 4.26. The molecule has 4 heteroatoms. The summed E-state index contributed by atoms with van der Waals surface area (Å²) in [5.74, 6) is 1.13. The van der Waals surface area contributed by atoms with Crippen molar-refractivity contribution in [2.45, 2.75) is 31.9 Å². The summed E-state index contributed by atoms with van der Waals surface area (Å²) in [6, 6.07) is 12.8. The van der Waals surface area contributed by atoms with E-state index in [1.54, 1.807) is 7.11 Å². The summed E-state index contributed by atoms with van der Waals surface area (Å²) in [7, 11) is 1.64. The second-order valence-electron chi connectivity index (χ2n) is 6.70. The maximum Gasteiger partial charge on any atom is 0.137 e. The van der Waals surface area contributed by atoms with Gasteiger partial charge in [0, 0.05) is 23.8 Å². The van der Waals surface area contributed by atoms with Gasteiger partial charge in [-0.15, -0.1) is 0 Å². The van der Waals surface area contributed by atoms with Crippen LogP contribution in [0.25, 0.3) is 0 Å². The molecule has 2 aliphatic heterocycles. The number of fused-ring (bicyclic) bond motifs is 3. The Morgan fingerprint density at radius 2 is 2.08 bits per heavy atom. The summed E-state index contributed by atoms with van der Waals surface area (Å²) in [6.45, 7) is 2.97. The zero-order valence-electron chi connectivity index (χ0n) is 14.0. The number of methoxy groups -OCH3 is 1. The Labute approximate surface area is 147 Å². The lowest BCUT2D eigenvalue weighted by Gasteiger charge is -2.43. The summed E-state index contributed by atoms with van der Waals surface area (Å²) < 4.78 is 11.5. The second kappa shape index (κ2) is 6.30. The summed E-state index contributed by atoms with van der Waals surface area (Å²) in [5.41, 5.74) is 4.91. The van der Waals surface area contributed by atoms with Gasteiger partial charge in [0.1, 0.15) is 5.75 Å². The van der Waals surface area contributed by atoms with Gasteiger partial charge in [-0.1, -0.05) is 35.4 Å². The highest BCUT2D eigenvalue weighted by atomic mass is 35.5. The van der Waals surface area contributed by atoms with Crippen molar-refractivity contribution in [3.63, 3.8) is 0 Å². The summed E-state index contributed by atoms with van der Waals surface area (Å²) in [5, 5.41) is 4.38. The van der Waals surface area contributed by atoms with Crippen LogP contribution in [-0.2, 0) is 4.74 Å². The zero-order chi connectivity index (χ0) is 16.7. The Morgan fingerprint density at radius 1 is 1.21 bits per heavy atom. The number of benzene rings is 2. The minimum atomic E-state index is 0.153. The van der Waals surface area contributed by atoms with Crippen LogP contribution in [0, 0.1) is 12.8 Å². The van der Waals surface area contributed by atoms with Crippen molar-refractivity contribution < 1.29 is 9.47 Å². The van der Waals surface area contributed by atoms with E-state index in [-0.39, 0.29) is 12.1 Å². The molecular formula is C20H22ClNO2. The number of hydrogen-bond acceptors (Lipinski definition) is 3. The van der Waals surface area contributed by atoms with Crippen LogP contribution in [0.1, 0.15) is 41.7 Å². The highest BCUT2D eigenvalue weighted by molar-refractivity contribution is 6.32. The molecule has 2 aliphatic rings. The number of hydrogen-bond donors (Lipinski definition) is 1. The minimum Gasteiger partial charge on any atom is -0.495 e. The van der Waals surface area contributed by atoms with Crippen molar-refractivity contribution in [1.82, 2.24) is 0 Å². The molecule has 0 spiro atoms. The molecule has 2 aromatic carbocycles. The van der Waals surface area contributed by atoms with Gasteiger partial charge in [0.25, 0.3) is 0 Å². The summed E-state index contributed by atoms with van der Waals surface area (Å²) >= 11 is 6.36. The Kier molecular flexibility index (Phi) is 4.15. The second-order valence-corrected chi connectivity index (χ2v) is 7.11. The van der Waals surface area contributed by atoms with Gasteiger partial charge < -0.3 is 14.8 Å². The fraction of sp³-hybridized carbons (Fsp3) is 0.400. The average molecular weight is 344 g/mol. The number of anilines is 1. The van der Waals surface area contributed by atoms with E-state index in [0.29, 0.717) is 16.7 Å². The zero-order valence-corrected chi connectivity index (χ0v) is 14.8. The van der Waals surface area contributed by atoms with Gasteiger partial charge in [0.05, 0.1) is 24.3 Å². The molecule has 4 rings (SSSR count). The van der Waals surface area contributed by atoms with Gasteiger partial charge in [-0.05, 0) is 43.5 Å². The quantitative estimate of drug-likeness (QED) is 0.803. The molecule has 0 aromatic heterocycles. The topological polar surface area (TPSA) is 30.5 Å². The largest absolute Gasteiger partial charge is 0.495 e. The Balaban J connectivity index is 1.76. The van der Waals surface area contributed by atoms with Gasteiger partial charge >= 0.3 is 0 Å². The molecule has 0 radical (unpaired) electrons. The van der Waals surface area contributed by atoms with E-state index in [1.807, 2.05) is 12.1 Å². The van der Waals surface area contributed by atoms with Crippen LogP contribution in [0.2, 0.25) is 5.02 Å². The SMILES string of the molecule is COc1ccc(C2Nc3ccc(C)cc3[C@H]3OCCC[C@@H]23)cc1Cl. The number of aryl methyl sites for hydroxylation is 1. The smallest absolute Gasteiger partial charge is 0.137 e. The first kappa shape index (κ1) is 15.8. The standard InChI is InChI=1S/C20H22ClNO2/c1-12-5-7-17-15(10-12)20-14(4-3-9-24-20)19(22-17)13-6-8-18(23-2)16(21)11-13/h5-8,10-11,14,19-20,22H,3-4,9H2,1-2H3/t14-,19?,20-/m0/s1. The highest BCUT2D eigenvalue weighted by Gasteiger charge is 2.39.